The molecular weight excluding hydrogens is 238 g/mol. The van der Waals surface area contributed by atoms with Crippen LogP contribution in [0.25, 0.3) is 0 Å². The highest BCUT2D eigenvalue weighted by Crippen LogP contribution is 2.40. The average molecular weight is 267 g/mol. The number of carboxylic acids is 1. The van der Waals surface area contributed by atoms with Crippen LogP contribution in [0.1, 0.15) is 58.8 Å². The van der Waals surface area contributed by atoms with E-state index in [1.807, 2.05) is 0 Å². The van der Waals surface area contributed by atoms with Crippen molar-refractivity contribution in [1.82, 2.24) is 4.90 Å². The lowest BCUT2D eigenvalue weighted by Gasteiger charge is -2.41. The first-order valence-corrected chi connectivity index (χ1v) is 8.01. The Morgan fingerprint density at radius 1 is 1.32 bits per heavy atom. The summed E-state index contributed by atoms with van der Waals surface area (Å²) >= 11 is 0. The van der Waals surface area contributed by atoms with Gasteiger partial charge in [-0.3, -0.25) is 4.79 Å². The van der Waals surface area contributed by atoms with Crippen LogP contribution < -0.4 is 0 Å². The first-order chi connectivity index (χ1) is 9.05. The molecule has 0 aliphatic heterocycles. The molecule has 2 unspecified atom stereocenters. The molecule has 0 bridgehead atoms. The number of carbonyl (C=O) groups is 1. The van der Waals surface area contributed by atoms with Crippen molar-refractivity contribution in [3.8, 4) is 0 Å². The molecule has 1 N–H and O–H groups in total. The summed E-state index contributed by atoms with van der Waals surface area (Å²) in [4.78, 5) is 14.2. The second kappa shape index (κ2) is 6.25. The molecule has 2 atom stereocenters. The molecule has 0 aromatic carbocycles. The van der Waals surface area contributed by atoms with E-state index in [1.165, 1.54) is 25.7 Å². The van der Waals surface area contributed by atoms with Crippen molar-refractivity contribution < 1.29 is 9.90 Å². The van der Waals surface area contributed by atoms with Crippen LogP contribution in [0.5, 0.6) is 0 Å². The first-order valence-electron chi connectivity index (χ1n) is 8.01. The summed E-state index contributed by atoms with van der Waals surface area (Å²) in [6.45, 7) is 7.24. The van der Waals surface area contributed by atoms with Gasteiger partial charge in [-0.15, -0.1) is 0 Å². The summed E-state index contributed by atoms with van der Waals surface area (Å²) in [5.41, 5.74) is -0.475. The highest BCUT2D eigenvalue weighted by atomic mass is 16.4. The zero-order valence-corrected chi connectivity index (χ0v) is 12.5. The fourth-order valence-corrected chi connectivity index (χ4v) is 3.84. The molecule has 0 heterocycles. The molecule has 2 aliphatic carbocycles. The minimum atomic E-state index is -0.564. The number of nitrogens with zero attached hydrogens (tertiary/aromatic N) is 1. The average Bonchev–Trinajstić information content (AvgIpc) is 2.32. The highest BCUT2D eigenvalue weighted by Gasteiger charge is 2.43. The van der Waals surface area contributed by atoms with Gasteiger partial charge in [-0.2, -0.15) is 0 Å². The molecule has 0 radical (unpaired) electrons. The van der Waals surface area contributed by atoms with Crippen LogP contribution in [-0.2, 0) is 4.79 Å². The molecule has 2 fully saturated rings. The smallest absolute Gasteiger partial charge is 0.310 e. The third-order valence-electron chi connectivity index (χ3n) is 5.26. The van der Waals surface area contributed by atoms with Crippen molar-refractivity contribution in [3.63, 3.8) is 0 Å². The van der Waals surface area contributed by atoms with Gasteiger partial charge in [-0.1, -0.05) is 33.1 Å². The SMILES string of the molecule is CCN(CC1CCC1)CC1(C(=O)O)CCCC(C)C1. The van der Waals surface area contributed by atoms with Crippen LogP contribution in [0, 0.1) is 17.3 Å². The number of aliphatic carboxylic acids is 1. The molecule has 0 spiro atoms. The molecule has 0 aromatic rings. The van der Waals surface area contributed by atoms with Gasteiger partial charge in [-0.05, 0) is 44.1 Å². The fourth-order valence-electron chi connectivity index (χ4n) is 3.84. The summed E-state index contributed by atoms with van der Waals surface area (Å²) in [5, 5.41) is 9.73. The van der Waals surface area contributed by atoms with E-state index in [-0.39, 0.29) is 0 Å². The first kappa shape index (κ1) is 14.8. The van der Waals surface area contributed by atoms with Gasteiger partial charge >= 0.3 is 5.97 Å². The fraction of sp³-hybridized carbons (Fsp3) is 0.938. The summed E-state index contributed by atoms with van der Waals surface area (Å²) in [7, 11) is 0. The molecule has 0 amide bonds. The number of hydrogen-bond donors (Lipinski definition) is 1. The van der Waals surface area contributed by atoms with Crippen LogP contribution in [0.4, 0.5) is 0 Å². The van der Waals surface area contributed by atoms with Gasteiger partial charge < -0.3 is 10.0 Å². The van der Waals surface area contributed by atoms with E-state index in [4.69, 9.17) is 0 Å². The maximum Gasteiger partial charge on any atom is 0.310 e. The molecular formula is C16H29NO2. The molecule has 19 heavy (non-hydrogen) atoms. The summed E-state index contributed by atoms with van der Waals surface area (Å²) < 4.78 is 0. The third-order valence-corrected chi connectivity index (χ3v) is 5.26. The van der Waals surface area contributed by atoms with Crippen LogP contribution >= 0.6 is 0 Å². The van der Waals surface area contributed by atoms with Gasteiger partial charge in [0, 0.05) is 13.1 Å². The van der Waals surface area contributed by atoms with Gasteiger partial charge in [0.1, 0.15) is 0 Å². The summed E-state index contributed by atoms with van der Waals surface area (Å²) in [6.07, 6.45) is 8.05. The van der Waals surface area contributed by atoms with E-state index < -0.39 is 11.4 Å². The van der Waals surface area contributed by atoms with E-state index in [0.29, 0.717) is 5.92 Å². The second-order valence-electron chi connectivity index (χ2n) is 6.91. The van der Waals surface area contributed by atoms with Crippen molar-refractivity contribution in [2.75, 3.05) is 19.6 Å². The number of carboxylic acid groups (broad SMARTS) is 1. The van der Waals surface area contributed by atoms with Gasteiger partial charge in [0.05, 0.1) is 5.41 Å². The quantitative estimate of drug-likeness (QED) is 0.802. The van der Waals surface area contributed by atoms with E-state index in [2.05, 4.69) is 18.7 Å². The van der Waals surface area contributed by atoms with Crippen molar-refractivity contribution in [3.05, 3.63) is 0 Å². The van der Waals surface area contributed by atoms with Crippen molar-refractivity contribution in [1.29, 1.82) is 0 Å². The standard InChI is InChI=1S/C16H29NO2/c1-3-17(11-14-7-4-8-14)12-16(15(18)19)9-5-6-13(2)10-16/h13-14H,3-12H2,1-2H3,(H,18,19). The Bertz CT molecular complexity index is 314. The summed E-state index contributed by atoms with van der Waals surface area (Å²) in [6, 6.07) is 0. The second-order valence-corrected chi connectivity index (χ2v) is 6.91. The van der Waals surface area contributed by atoms with Gasteiger partial charge in [-0.25, -0.2) is 0 Å². The van der Waals surface area contributed by atoms with Crippen LogP contribution in [0.15, 0.2) is 0 Å². The van der Waals surface area contributed by atoms with Crippen molar-refractivity contribution >= 4 is 5.97 Å². The molecule has 110 valence electrons. The van der Waals surface area contributed by atoms with E-state index in [0.717, 1.165) is 44.8 Å². The molecule has 2 rings (SSSR count). The largest absolute Gasteiger partial charge is 0.481 e. The Balaban J connectivity index is 1.99. The molecule has 0 aromatic heterocycles. The highest BCUT2D eigenvalue weighted by molar-refractivity contribution is 5.75. The monoisotopic (exact) mass is 267 g/mol. The van der Waals surface area contributed by atoms with Crippen LogP contribution in [-0.4, -0.2) is 35.6 Å². The van der Waals surface area contributed by atoms with E-state index >= 15 is 0 Å². The van der Waals surface area contributed by atoms with E-state index in [9.17, 15) is 9.90 Å². The maximum absolute atomic E-state index is 11.8. The Labute approximate surface area is 117 Å². The Hall–Kier alpha value is -0.570. The predicted molar refractivity (Wildman–Crippen MR) is 77.2 cm³/mol. The van der Waals surface area contributed by atoms with Crippen molar-refractivity contribution in [2.24, 2.45) is 17.3 Å². The topological polar surface area (TPSA) is 40.5 Å². The zero-order valence-electron chi connectivity index (χ0n) is 12.5. The predicted octanol–water partition coefficient (Wildman–Crippen LogP) is 3.39. The summed E-state index contributed by atoms with van der Waals surface area (Å²) in [5.74, 6) is 0.824. The van der Waals surface area contributed by atoms with Crippen LogP contribution in [0.3, 0.4) is 0 Å². The lowest BCUT2D eigenvalue weighted by atomic mass is 9.69. The van der Waals surface area contributed by atoms with E-state index in [1.54, 1.807) is 0 Å². The normalized spacial score (nSPS) is 32.3. The van der Waals surface area contributed by atoms with Gasteiger partial charge in [0.15, 0.2) is 0 Å². The number of rotatable bonds is 6. The molecule has 3 heteroatoms. The number of hydrogen-bond acceptors (Lipinski definition) is 2. The van der Waals surface area contributed by atoms with Gasteiger partial charge in [0.25, 0.3) is 0 Å². The minimum Gasteiger partial charge on any atom is -0.481 e. The Morgan fingerprint density at radius 3 is 2.53 bits per heavy atom. The van der Waals surface area contributed by atoms with Crippen molar-refractivity contribution in [2.45, 2.75) is 58.8 Å². The molecule has 0 saturated heterocycles. The Kier molecular flexibility index (Phi) is 4.88. The lowest BCUT2D eigenvalue weighted by Crippen LogP contribution is -2.47. The molecule has 2 saturated carbocycles. The van der Waals surface area contributed by atoms with Crippen LogP contribution in [0.2, 0.25) is 0 Å². The van der Waals surface area contributed by atoms with Gasteiger partial charge in [0.2, 0.25) is 0 Å². The lowest BCUT2D eigenvalue weighted by molar-refractivity contribution is -0.153. The Morgan fingerprint density at radius 2 is 2.05 bits per heavy atom. The molecule has 2 aliphatic rings. The zero-order chi connectivity index (χ0) is 13.9. The third kappa shape index (κ3) is 3.50. The maximum atomic E-state index is 11.8. The minimum absolute atomic E-state index is 0.475. The molecule has 3 nitrogen and oxygen atoms in total.